The van der Waals surface area contributed by atoms with E-state index in [0.717, 1.165) is 25.2 Å². The molecule has 38 heavy (non-hydrogen) atoms. The van der Waals surface area contributed by atoms with Crippen molar-refractivity contribution in [3.63, 3.8) is 0 Å². The van der Waals surface area contributed by atoms with Gasteiger partial charge in [-0.1, -0.05) is 12.1 Å². The number of benzene rings is 1. The first-order chi connectivity index (χ1) is 18.0. The van der Waals surface area contributed by atoms with Gasteiger partial charge in [0.2, 0.25) is 11.8 Å². The highest BCUT2D eigenvalue weighted by atomic mass is 16.2. The third kappa shape index (κ3) is 5.27. The second-order valence-corrected chi connectivity index (χ2v) is 11.0. The lowest BCUT2D eigenvalue weighted by molar-refractivity contribution is -0.137. The lowest BCUT2D eigenvalue weighted by atomic mass is 10.1. The number of likely N-dealkylation sites (tertiary alicyclic amines) is 1. The monoisotopic (exact) mass is 522 g/mol. The average Bonchev–Trinajstić information content (AvgIpc) is 3.40. The minimum atomic E-state index is -0.954. The summed E-state index contributed by atoms with van der Waals surface area (Å²) in [7, 11) is 0. The normalized spacial score (nSPS) is 23.2. The number of urea groups is 1. The van der Waals surface area contributed by atoms with Crippen molar-refractivity contribution in [3.8, 4) is 5.69 Å². The fraction of sp³-hybridized carbons (Fsp3) is 0.500. The number of carbonyl (C=O) groups is 3. The molecule has 3 heterocycles. The molecular weight excluding hydrogens is 488 g/mol. The number of piperidine rings is 1. The van der Waals surface area contributed by atoms with Gasteiger partial charge in [-0.3, -0.25) is 24.4 Å². The number of hydrogen-bond acceptors (Lipinski definition) is 7. The van der Waals surface area contributed by atoms with Crippen LogP contribution >= 0.6 is 0 Å². The Hall–Kier alpha value is -3.77. The fourth-order valence-corrected chi connectivity index (χ4v) is 5.56. The molecule has 1 aliphatic carbocycles. The van der Waals surface area contributed by atoms with Crippen LogP contribution in [0.1, 0.15) is 19.4 Å². The van der Waals surface area contributed by atoms with Crippen LogP contribution in [0.4, 0.5) is 10.6 Å². The van der Waals surface area contributed by atoms with Crippen LogP contribution in [-0.4, -0.2) is 86.9 Å². The lowest BCUT2D eigenvalue weighted by Gasteiger charge is -2.37. The maximum absolute atomic E-state index is 12.7. The first-order valence-corrected chi connectivity index (χ1v) is 12.9. The molecule has 1 saturated carbocycles. The van der Waals surface area contributed by atoms with E-state index in [9.17, 15) is 19.2 Å². The summed E-state index contributed by atoms with van der Waals surface area (Å²) in [4.78, 5) is 58.6. The van der Waals surface area contributed by atoms with Crippen LogP contribution in [0.25, 0.3) is 5.69 Å². The van der Waals surface area contributed by atoms with Gasteiger partial charge in [0.25, 0.3) is 0 Å². The molecule has 0 unspecified atom stereocenters. The van der Waals surface area contributed by atoms with Gasteiger partial charge in [0.05, 0.1) is 11.2 Å². The van der Waals surface area contributed by atoms with Gasteiger partial charge in [-0.15, -0.1) is 0 Å². The summed E-state index contributed by atoms with van der Waals surface area (Å²) in [6.07, 6.45) is 1.58. The lowest BCUT2D eigenvalue weighted by Crippen LogP contribution is -2.58. The summed E-state index contributed by atoms with van der Waals surface area (Å²) in [5.74, 6) is 0.668. The Morgan fingerprint density at radius 2 is 1.61 bits per heavy atom. The van der Waals surface area contributed by atoms with E-state index in [-0.39, 0.29) is 29.6 Å². The topological polar surface area (TPSA) is 160 Å². The van der Waals surface area contributed by atoms with Gasteiger partial charge < -0.3 is 21.3 Å². The number of carbonyl (C=O) groups excluding carboxylic acids is 3. The Morgan fingerprint density at radius 1 is 1.00 bits per heavy atom. The van der Waals surface area contributed by atoms with Gasteiger partial charge in [0.15, 0.2) is 0 Å². The van der Waals surface area contributed by atoms with E-state index in [1.807, 2.05) is 24.3 Å². The largest absolute Gasteiger partial charge is 0.369 e. The minimum Gasteiger partial charge on any atom is -0.369 e. The molecule has 4 amide bonds. The predicted molar refractivity (Wildman–Crippen MR) is 140 cm³/mol. The molecule has 0 bridgehead atoms. The van der Waals surface area contributed by atoms with Crippen LogP contribution < -0.4 is 22.5 Å². The van der Waals surface area contributed by atoms with Gasteiger partial charge in [-0.25, -0.2) is 9.59 Å². The molecule has 1 aromatic heterocycles. The Bertz CT molecular complexity index is 1280. The summed E-state index contributed by atoms with van der Waals surface area (Å²) < 4.78 is 1.42. The minimum absolute atomic E-state index is 0.0469. The summed E-state index contributed by atoms with van der Waals surface area (Å²) in [5.41, 5.74) is 11.7. The highest BCUT2D eigenvalue weighted by Gasteiger charge is 2.58. The number of aromatic nitrogens is 2. The number of anilines is 1. The molecule has 1 aromatic carbocycles. The van der Waals surface area contributed by atoms with E-state index >= 15 is 0 Å². The van der Waals surface area contributed by atoms with Crippen LogP contribution in [-0.2, 0) is 16.1 Å². The molecule has 3 fully saturated rings. The van der Waals surface area contributed by atoms with E-state index in [2.05, 4.69) is 15.2 Å². The molecule has 0 spiro atoms. The zero-order chi connectivity index (χ0) is 27.2. The van der Waals surface area contributed by atoms with E-state index in [1.165, 1.54) is 4.57 Å². The molecule has 0 radical (unpaired) electrons. The maximum Gasteiger partial charge on any atom is 0.354 e. The van der Waals surface area contributed by atoms with Crippen molar-refractivity contribution in [2.75, 3.05) is 44.6 Å². The van der Waals surface area contributed by atoms with Gasteiger partial charge in [0, 0.05) is 57.9 Å². The zero-order valence-electron chi connectivity index (χ0n) is 21.7. The number of nitrogens with one attached hydrogen (secondary N) is 1. The quantitative estimate of drug-likeness (QED) is 0.474. The molecule has 5 rings (SSSR count). The van der Waals surface area contributed by atoms with Crippen LogP contribution in [0.5, 0.6) is 0 Å². The summed E-state index contributed by atoms with van der Waals surface area (Å²) >= 11 is 0. The number of piperazine rings is 1. The first kappa shape index (κ1) is 25.9. The fourth-order valence-electron chi connectivity index (χ4n) is 5.56. The van der Waals surface area contributed by atoms with Gasteiger partial charge >= 0.3 is 11.7 Å². The third-order valence-corrected chi connectivity index (χ3v) is 7.66. The number of nitrogens with two attached hydrogens (primary N) is 2. The number of hydrogen-bond donors (Lipinski definition) is 3. The molecule has 2 aromatic rings. The molecule has 202 valence electrons. The van der Waals surface area contributed by atoms with Crippen molar-refractivity contribution in [2.24, 2.45) is 29.2 Å². The SMILES string of the molecule is CC(C)(N)C(=O)N1CCN(C(=O)Nc2ccn(-c3ccc(CN4C[C@@H]5[C@H](C4)[C@H]5C(N)=O)cc3)c(=O)n2)CC1. The number of primary amides is 1. The van der Waals surface area contributed by atoms with Crippen LogP contribution in [0.2, 0.25) is 0 Å². The van der Waals surface area contributed by atoms with Crippen LogP contribution in [0.15, 0.2) is 41.3 Å². The van der Waals surface area contributed by atoms with Crippen molar-refractivity contribution in [2.45, 2.75) is 25.9 Å². The number of rotatable bonds is 6. The number of fused-ring (bicyclic) bond motifs is 1. The second-order valence-electron chi connectivity index (χ2n) is 11.0. The summed E-state index contributed by atoms with van der Waals surface area (Å²) in [5, 5.41) is 2.67. The first-order valence-electron chi connectivity index (χ1n) is 12.9. The highest BCUT2D eigenvalue weighted by molar-refractivity contribution is 5.89. The summed E-state index contributed by atoms with van der Waals surface area (Å²) in [6, 6.07) is 8.88. The smallest absolute Gasteiger partial charge is 0.354 e. The molecule has 5 N–H and O–H groups in total. The van der Waals surface area contributed by atoms with Crippen molar-refractivity contribution >= 4 is 23.7 Å². The zero-order valence-corrected chi connectivity index (χ0v) is 21.7. The highest BCUT2D eigenvalue weighted by Crippen LogP contribution is 2.51. The standard InChI is InChI=1S/C26H34N8O4/c1-26(2,28)23(36)32-9-11-33(12-10-32)24(37)29-20-7-8-34(25(38)30-20)17-5-3-16(4-6-17)13-31-14-18-19(15-31)21(18)22(27)35/h3-8,18-19,21H,9-15,28H2,1-2H3,(H2,27,35)(H,29,30,37,38)/t18-,19+,21+. The van der Waals surface area contributed by atoms with E-state index in [4.69, 9.17) is 11.5 Å². The predicted octanol–water partition coefficient (Wildman–Crippen LogP) is -0.191. The van der Waals surface area contributed by atoms with Gasteiger partial charge in [-0.2, -0.15) is 4.98 Å². The Kier molecular flexibility index (Phi) is 6.70. The number of nitrogens with zero attached hydrogens (tertiary/aromatic N) is 5. The summed E-state index contributed by atoms with van der Waals surface area (Å²) in [6.45, 7) is 7.39. The molecular formula is C26H34N8O4. The van der Waals surface area contributed by atoms with Crippen molar-refractivity contribution in [3.05, 3.63) is 52.6 Å². The van der Waals surface area contributed by atoms with Gasteiger partial charge in [0.1, 0.15) is 5.82 Å². The van der Waals surface area contributed by atoms with Crippen LogP contribution in [0.3, 0.4) is 0 Å². The molecule has 12 nitrogen and oxygen atoms in total. The molecule has 2 saturated heterocycles. The van der Waals surface area contributed by atoms with Gasteiger partial charge in [-0.05, 0) is 49.4 Å². The third-order valence-electron chi connectivity index (χ3n) is 7.66. The van der Waals surface area contributed by atoms with E-state index in [0.29, 0.717) is 43.7 Å². The average molecular weight is 523 g/mol. The van der Waals surface area contributed by atoms with E-state index < -0.39 is 11.2 Å². The number of amides is 4. The Labute approximate surface area is 220 Å². The molecule has 3 aliphatic rings. The maximum atomic E-state index is 12.7. The Balaban J connectivity index is 1.14. The molecule has 3 atom stereocenters. The van der Waals surface area contributed by atoms with Crippen LogP contribution in [0, 0.1) is 17.8 Å². The molecule has 12 heteroatoms. The Morgan fingerprint density at radius 3 is 2.16 bits per heavy atom. The van der Waals surface area contributed by atoms with Crippen molar-refractivity contribution in [1.82, 2.24) is 24.3 Å². The second kappa shape index (κ2) is 9.84. The van der Waals surface area contributed by atoms with Crippen molar-refractivity contribution < 1.29 is 14.4 Å². The van der Waals surface area contributed by atoms with E-state index in [1.54, 1.807) is 35.9 Å². The van der Waals surface area contributed by atoms with Crippen molar-refractivity contribution in [1.29, 1.82) is 0 Å². The molecule has 2 aliphatic heterocycles.